The Hall–Kier alpha value is -0.610. The summed E-state index contributed by atoms with van der Waals surface area (Å²) in [6.45, 7) is 10.9. The van der Waals surface area contributed by atoms with Gasteiger partial charge in [0.25, 0.3) is 0 Å². The molecule has 0 unspecified atom stereocenters. The fraction of sp³-hybridized carbons (Fsp3) is 0.955. The first-order chi connectivity index (χ1) is 12.3. The van der Waals surface area contributed by atoms with Crippen molar-refractivity contribution in [3.8, 4) is 0 Å². The van der Waals surface area contributed by atoms with Crippen LogP contribution in [0.3, 0.4) is 0 Å². The fourth-order valence-electron chi connectivity index (χ4n) is 4.83. The number of hydrogen-bond acceptors (Lipinski definition) is 3. The van der Waals surface area contributed by atoms with Gasteiger partial charge in [0.05, 0.1) is 5.54 Å². The third kappa shape index (κ3) is 7.19. The maximum absolute atomic E-state index is 12.7. The molecule has 2 rings (SSSR count). The molecule has 1 saturated carbocycles. The maximum atomic E-state index is 12.7. The Kier molecular flexibility index (Phi) is 8.41. The highest BCUT2D eigenvalue weighted by Gasteiger charge is 2.42. The number of nitrogens with one attached hydrogen (secondary N) is 2. The summed E-state index contributed by atoms with van der Waals surface area (Å²) in [5, 5.41) is 7.26. The van der Waals surface area contributed by atoms with Crippen molar-refractivity contribution in [2.45, 2.75) is 115 Å². The highest BCUT2D eigenvalue weighted by Crippen LogP contribution is 2.22. The van der Waals surface area contributed by atoms with Crippen molar-refractivity contribution in [2.24, 2.45) is 0 Å². The third-order valence-corrected chi connectivity index (χ3v) is 5.98. The molecule has 1 amide bonds. The molecule has 1 aliphatic carbocycles. The smallest absolute Gasteiger partial charge is 0.242 e. The summed E-state index contributed by atoms with van der Waals surface area (Å²) in [7, 11) is 0. The van der Waals surface area contributed by atoms with Gasteiger partial charge < -0.3 is 10.2 Å². The highest BCUT2D eigenvalue weighted by atomic mass is 16.2. The SMILES string of the molecule is CC1(C)CN(CCNC2CCCCCCCCCCC2)C(=O)C(C)(C)N1. The van der Waals surface area contributed by atoms with E-state index in [4.69, 9.17) is 0 Å². The number of carbonyl (C=O) groups is 1. The van der Waals surface area contributed by atoms with Crippen LogP contribution in [-0.4, -0.2) is 47.6 Å². The summed E-state index contributed by atoms with van der Waals surface area (Å²) in [6.07, 6.45) is 15.2. The van der Waals surface area contributed by atoms with Crippen LogP contribution in [0, 0.1) is 0 Å². The molecule has 0 atom stereocenters. The molecule has 0 aromatic rings. The van der Waals surface area contributed by atoms with Crippen LogP contribution in [0.1, 0.15) is 98.3 Å². The van der Waals surface area contributed by atoms with Crippen molar-refractivity contribution in [3.05, 3.63) is 0 Å². The van der Waals surface area contributed by atoms with Crippen LogP contribution in [0.15, 0.2) is 0 Å². The Labute approximate surface area is 161 Å². The molecular formula is C22H43N3O. The van der Waals surface area contributed by atoms with E-state index >= 15 is 0 Å². The number of amides is 1. The van der Waals surface area contributed by atoms with Crippen molar-refractivity contribution in [1.82, 2.24) is 15.5 Å². The van der Waals surface area contributed by atoms with Crippen LogP contribution in [0.25, 0.3) is 0 Å². The zero-order valence-corrected chi connectivity index (χ0v) is 17.8. The summed E-state index contributed by atoms with van der Waals surface area (Å²) >= 11 is 0. The summed E-state index contributed by atoms with van der Waals surface area (Å²) in [5.74, 6) is 0.234. The number of nitrogens with zero attached hydrogens (tertiary/aromatic N) is 1. The van der Waals surface area contributed by atoms with Crippen LogP contribution in [0.2, 0.25) is 0 Å². The van der Waals surface area contributed by atoms with E-state index in [0.29, 0.717) is 6.04 Å². The molecule has 1 saturated heterocycles. The molecule has 152 valence electrons. The standard InChI is InChI=1S/C22H43N3O/c1-21(2)18-25(20(26)22(3,4)24-21)17-16-23-19-14-12-10-8-6-5-7-9-11-13-15-19/h19,23-24H,5-18H2,1-4H3. The molecular weight excluding hydrogens is 322 g/mol. The van der Waals surface area contributed by atoms with Crippen LogP contribution in [0.4, 0.5) is 0 Å². The zero-order valence-electron chi connectivity index (χ0n) is 17.8. The van der Waals surface area contributed by atoms with E-state index in [-0.39, 0.29) is 11.4 Å². The molecule has 26 heavy (non-hydrogen) atoms. The minimum Gasteiger partial charge on any atom is -0.338 e. The van der Waals surface area contributed by atoms with Crippen LogP contribution < -0.4 is 10.6 Å². The monoisotopic (exact) mass is 365 g/mol. The quantitative estimate of drug-likeness (QED) is 0.783. The maximum Gasteiger partial charge on any atom is 0.242 e. The van der Waals surface area contributed by atoms with Gasteiger partial charge in [-0.2, -0.15) is 0 Å². The van der Waals surface area contributed by atoms with Crippen molar-refractivity contribution in [2.75, 3.05) is 19.6 Å². The van der Waals surface area contributed by atoms with E-state index in [2.05, 4.69) is 29.4 Å². The molecule has 0 radical (unpaired) electrons. The predicted molar refractivity (Wildman–Crippen MR) is 110 cm³/mol. The first kappa shape index (κ1) is 21.7. The molecule has 2 aliphatic rings. The van der Waals surface area contributed by atoms with Gasteiger partial charge in [-0.15, -0.1) is 0 Å². The van der Waals surface area contributed by atoms with Gasteiger partial charge in [0.1, 0.15) is 0 Å². The molecule has 4 heteroatoms. The van der Waals surface area contributed by atoms with E-state index in [0.717, 1.165) is 19.6 Å². The Morgan fingerprint density at radius 3 is 1.96 bits per heavy atom. The second-order valence-corrected chi connectivity index (χ2v) is 9.77. The van der Waals surface area contributed by atoms with E-state index < -0.39 is 5.54 Å². The molecule has 2 fully saturated rings. The van der Waals surface area contributed by atoms with Gasteiger partial charge in [-0.05, 0) is 40.5 Å². The van der Waals surface area contributed by atoms with E-state index in [9.17, 15) is 4.79 Å². The number of rotatable bonds is 4. The van der Waals surface area contributed by atoms with Gasteiger partial charge >= 0.3 is 0 Å². The lowest BCUT2D eigenvalue weighted by atomic mass is 9.90. The summed E-state index contributed by atoms with van der Waals surface area (Å²) in [6, 6.07) is 0.633. The second-order valence-electron chi connectivity index (χ2n) is 9.77. The molecule has 4 nitrogen and oxygen atoms in total. The van der Waals surface area contributed by atoms with E-state index in [1.165, 1.54) is 70.6 Å². The van der Waals surface area contributed by atoms with Crippen molar-refractivity contribution >= 4 is 5.91 Å². The molecule has 0 aromatic carbocycles. The highest BCUT2D eigenvalue weighted by molar-refractivity contribution is 5.86. The average molecular weight is 366 g/mol. The topological polar surface area (TPSA) is 44.4 Å². The summed E-state index contributed by atoms with van der Waals surface area (Å²) in [4.78, 5) is 14.8. The lowest BCUT2D eigenvalue weighted by Gasteiger charge is -2.47. The van der Waals surface area contributed by atoms with Gasteiger partial charge in [0.2, 0.25) is 5.91 Å². The van der Waals surface area contributed by atoms with Gasteiger partial charge in [-0.25, -0.2) is 0 Å². The Morgan fingerprint density at radius 2 is 1.42 bits per heavy atom. The van der Waals surface area contributed by atoms with Gasteiger partial charge in [-0.1, -0.05) is 57.8 Å². The second kappa shape index (κ2) is 10.1. The molecule has 0 spiro atoms. The first-order valence-corrected chi connectivity index (χ1v) is 11.1. The normalized spacial score (nSPS) is 26.2. The summed E-state index contributed by atoms with van der Waals surface area (Å²) in [5.41, 5.74) is -0.487. The molecule has 0 aromatic heterocycles. The summed E-state index contributed by atoms with van der Waals surface area (Å²) < 4.78 is 0. The van der Waals surface area contributed by atoms with Crippen molar-refractivity contribution < 1.29 is 4.79 Å². The van der Waals surface area contributed by atoms with Crippen molar-refractivity contribution in [1.29, 1.82) is 0 Å². The predicted octanol–water partition coefficient (Wildman–Crippen LogP) is 4.24. The fourth-order valence-corrected chi connectivity index (χ4v) is 4.83. The lowest BCUT2D eigenvalue weighted by molar-refractivity contribution is -0.143. The molecule has 2 N–H and O–H groups in total. The van der Waals surface area contributed by atoms with Gasteiger partial charge in [-0.3, -0.25) is 10.1 Å². The number of hydrogen-bond donors (Lipinski definition) is 2. The number of piperazine rings is 1. The minimum absolute atomic E-state index is 0.0232. The molecule has 1 heterocycles. The Balaban J connectivity index is 1.79. The van der Waals surface area contributed by atoms with Crippen LogP contribution in [0.5, 0.6) is 0 Å². The minimum atomic E-state index is -0.463. The molecule has 0 bridgehead atoms. The third-order valence-electron chi connectivity index (χ3n) is 5.98. The van der Waals surface area contributed by atoms with Gasteiger partial charge in [0, 0.05) is 31.2 Å². The number of carbonyl (C=O) groups excluding carboxylic acids is 1. The van der Waals surface area contributed by atoms with Crippen molar-refractivity contribution in [3.63, 3.8) is 0 Å². The largest absolute Gasteiger partial charge is 0.338 e. The Morgan fingerprint density at radius 1 is 0.923 bits per heavy atom. The van der Waals surface area contributed by atoms with E-state index in [1.807, 2.05) is 13.8 Å². The zero-order chi connectivity index (χ0) is 19.0. The molecule has 1 aliphatic heterocycles. The van der Waals surface area contributed by atoms with Gasteiger partial charge in [0.15, 0.2) is 0 Å². The Bertz CT molecular complexity index is 421. The van der Waals surface area contributed by atoms with Crippen LogP contribution >= 0.6 is 0 Å². The lowest BCUT2D eigenvalue weighted by Crippen LogP contribution is -2.70. The average Bonchev–Trinajstić information content (AvgIpc) is 2.53. The first-order valence-electron chi connectivity index (χ1n) is 11.1. The van der Waals surface area contributed by atoms with Crippen LogP contribution in [-0.2, 0) is 4.79 Å². The van der Waals surface area contributed by atoms with E-state index in [1.54, 1.807) is 0 Å².